The maximum Gasteiger partial charge on any atom is 0.321 e. The van der Waals surface area contributed by atoms with Crippen LogP contribution in [0.25, 0.3) is 11.0 Å². The number of carbonyl (C=O) groups excluding carboxylic acids is 1. The molecule has 1 fully saturated rings. The van der Waals surface area contributed by atoms with Gasteiger partial charge in [0.1, 0.15) is 11.6 Å². The molecule has 1 saturated heterocycles. The number of amides is 2. The van der Waals surface area contributed by atoms with Crippen molar-refractivity contribution in [2.75, 3.05) is 36.4 Å². The van der Waals surface area contributed by atoms with Crippen LogP contribution in [0.4, 0.5) is 20.6 Å². The van der Waals surface area contributed by atoms with Crippen LogP contribution in [-0.2, 0) is 0 Å². The van der Waals surface area contributed by atoms with Gasteiger partial charge in [-0.1, -0.05) is 13.8 Å². The Hall–Kier alpha value is -3.09. The molecule has 0 saturated carbocycles. The van der Waals surface area contributed by atoms with E-state index in [1.54, 1.807) is 17.0 Å². The van der Waals surface area contributed by atoms with Crippen LogP contribution in [0, 0.1) is 5.82 Å². The van der Waals surface area contributed by atoms with Crippen molar-refractivity contribution in [3.8, 4) is 0 Å². The average Bonchev–Trinajstić information content (AvgIpc) is 3.12. The number of halogens is 1. The summed E-state index contributed by atoms with van der Waals surface area (Å²) in [4.78, 5) is 24.5. The number of aromatic nitrogens is 2. The maximum atomic E-state index is 13.1. The molecule has 0 bridgehead atoms. The zero-order valence-corrected chi connectivity index (χ0v) is 16.1. The van der Waals surface area contributed by atoms with Crippen LogP contribution in [-0.4, -0.2) is 47.1 Å². The molecule has 2 amide bonds. The molecule has 0 atom stereocenters. The number of fused-ring (bicyclic) bond motifs is 1. The van der Waals surface area contributed by atoms with Gasteiger partial charge in [0.15, 0.2) is 0 Å². The van der Waals surface area contributed by atoms with Gasteiger partial charge in [-0.2, -0.15) is 0 Å². The minimum absolute atomic E-state index is 0.110. The highest BCUT2D eigenvalue weighted by atomic mass is 19.1. The lowest BCUT2D eigenvalue weighted by molar-refractivity contribution is 0.208. The molecule has 146 valence electrons. The molecule has 3 aromatic rings. The summed E-state index contributed by atoms with van der Waals surface area (Å²) in [6, 6.07) is 12.1. The summed E-state index contributed by atoms with van der Waals surface area (Å²) in [5, 5.41) is 2.98. The molecular weight excluding hydrogens is 357 g/mol. The van der Waals surface area contributed by atoms with Gasteiger partial charge < -0.3 is 20.1 Å². The molecule has 1 aliphatic heterocycles. The topological polar surface area (TPSA) is 64.3 Å². The number of piperazine rings is 1. The van der Waals surface area contributed by atoms with Crippen molar-refractivity contribution in [1.29, 1.82) is 0 Å². The van der Waals surface area contributed by atoms with Crippen LogP contribution in [0.3, 0.4) is 0 Å². The van der Waals surface area contributed by atoms with E-state index in [4.69, 9.17) is 0 Å². The summed E-state index contributed by atoms with van der Waals surface area (Å²) >= 11 is 0. The molecule has 2 heterocycles. The van der Waals surface area contributed by atoms with Crippen LogP contribution >= 0.6 is 0 Å². The molecule has 28 heavy (non-hydrogen) atoms. The van der Waals surface area contributed by atoms with E-state index in [0.717, 1.165) is 41.3 Å². The molecular formula is C21H24FN5O. The van der Waals surface area contributed by atoms with E-state index in [1.165, 1.54) is 12.1 Å². The van der Waals surface area contributed by atoms with Gasteiger partial charge in [-0.05, 0) is 42.5 Å². The number of rotatable bonds is 3. The smallest absolute Gasteiger partial charge is 0.321 e. The summed E-state index contributed by atoms with van der Waals surface area (Å²) in [5.41, 5.74) is 3.54. The first-order chi connectivity index (χ1) is 13.5. The van der Waals surface area contributed by atoms with E-state index >= 15 is 0 Å². The fourth-order valence-corrected chi connectivity index (χ4v) is 3.40. The van der Waals surface area contributed by atoms with Gasteiger partial charge in [-0.3, -0.25) is 0 Å². The molecule has 0 unspecified atom stereocenters. The van der Waals surface area contributed by atoms with Crippen LogP contribution in [0.15, 0.2) is 42.5 Å². The summed E-state index contributed by atoms with van der Waals surface area (Å²) in [6.45, 7) is 6.85. The Labute approximate surface area is 163 Å². The van der Waals surface area contributed by atoms with Crippen LogP contribution < -0.4 is 10.2 Å². The number of aromatic amines is 1. The number of hydrogen-bond donors (Lipinski definition) is 2. The van der Waals surface area contributed by atoms with Crippen molar-refractivity contribution in [3.63, 3.8) is 0 Å². The van der Waals surface area contributed by atoms with Crippen molar-refractivity contribution < 1.29 is 9.18 Å². The van der Waals surface area contributed by atoms with Gasteiger partial charge >= 0.3 is 6.03 Å². The van der Waals surface area contributed by atoms with Crippen LogP contribution in [0.1, 0.15) is 25.6 Å². The molecule has 0 spiro atoms. The number of nitrogens with one attached hydrogen (secondary N) is 2. The minimum atomic E-state index is -0.239. The second kappa shape index (κ2) is 7.50. The Balaban J connectivity index is 1.37. The molecule has 7 heteroatoms. The molecule has 6 nitrogen and oxygen atoms in total. The van der Waals surface area contributed by atoms with Gasteiger partial charge in [0, 0.05) is 43.5 Å². The first-order valence-electron chi connectivity index (χ1n) is 9.56. The van der Waals surface area contributed by atoms with Gasteiger partial charge in [-0.25, -0.2) is 14.2 Å². The monoisotopic (exact) mass is 381 g/mol. The van der Waals surface area contributed by atoms with E-state index in [9.17, 15) is 9.18 Å². The third kappa shape index (κ3) is 3.78. The minimum Gasteiger partial charge on any atom is -0.368 e. The molecule has 1 aliphatic rings. The van der Waals surface area contributed by atoms with E-state index in [1.807, 2.05) is 18.2 Å². The predicted octanol–water partition coefficient (Wildman–Crippen LogP) is 4.18. The van der Waals surface area contributed by atoms with Gasteiger partial charge in [0.25, 0.3) is 0 Å². The summed E-state index contributed by atoms with van der Waals surface area (Å²) in [5.74, 6) is 1.02. The normalized spacial score (nSPS) is 14.7. The zero-order chi connectivity index (χ0) is 19.7. The number of hydrogen-bond acceptors (Lipinski definition) is 3. The first kappa shape index (κ1) is 18.3. The molecule has 2 N–H and O–H groups in total. The third-order valence-electron chi connectivity index (χ3n) is 5.06. The Bertz CT molecular complexity index is 974. The molecule has 4 rings (SSSR count). The second-order valence-corrected chi connectivity index (χ2v) is 7.39. The van der Waals surface area contributed by atoms with Crippen molar-refractivity contribution in [3.05, 3.63) is 54.1 Å². The quantitative estimate of drug-likeness (QED) is 0.715. The second-order valence-electron chi connectivity index (χ2n) is 7.39. The highest BCUT2D eigenvalue weighted by Gasteiger charge is 2.21. The van der Waals surface area contributed by atoms with Crippen LogP contribution in [0.2, 0.25) is 0 Å². The van der Waals surface area contributed by atoms with Crippen molar-refractivity contribution in [2.45, 2.75) is 19.8 Å². The Morgan fingerprint density at radius 3 is 2.50 bits per heavy atom. The van der Waals surface area contributed by atoms with Gasteiger partial charge in [-0.15, -0.1) is 0 Å². The van der Waals surface area contributed by atoms with Crippen molar-refractivity contribution in [2.24, 2.45) is 0 Å². The highest BCUT2D eigenvalue weighted by Crippen LogP contribution is 2.21. The molecule has 2 aromatic carbocycles. The number of nitrogens with zero attached hydrogens (tertiary/aromatic N) is 3. The fourth-order valence-electron chi connectivity index (χ4n) is 3.40. The van der Waals surface area contributed by atoms with Gasteiger partial charge in [0.05, 0.1) is 11.0 Å². The van der Waals surface area contributed by atoms with Crippen molar-refractivity contribution >= 4 is 28.4 Å². The Morgan fingerprint density at radius 2 is 1.82 bits per heavy atom. The van der Waals surface area contributed by atoms with E-state index in [-0.39, 0.29) is 11.8 Å². The standard InChI is InChI=1S/C21H24FN5O/c1-14(2)20-24-18-8-5-16(13-19(18)25-20)23-21(28)27-11-9-26(10-12-27)17-6-3-15(22)4-7-17/h3-8,13-14H,9-12H2,1-2H3,(H,23,28)(H,24,25). The summed E-state index contributed by atoms with van der Waals surface area (Å²) in [6.07, 6.45) is 0. The lowest BCUT2D eigenvalue weighted by atomic mass is 10.2. The third-order valence-corrected chi connectivity index (χ3v) is 5.06. The SMILES string of the molecule is CC(C)c1nc2ccc(NC(=O)N3CCN(c4ccc(F)cc4)CC3)cc2[nH]1. The zero-order valence-electron chi connectivity index (χ0n) is 16.1. The molecule has 0 radical (unpaired) electrons. The van der Waals surface area contributed by atoms with Crippen LogP contribution in [0.5, 0.6) is 0 Å². The summed E-state index contributed by atoms with van der Waals surface area (Å²) < 4.78 is 13.1. The fraction of sp³-hybridized carbons (Fsp3) is 0.333. The maximum absolute atomic E-state index is 13.1. The predicted molar refractivity (Wildman–Crippen MR) is 109 cm³/mol. The number of imidazole rings is 1. The lowest BCUT2D eigenvalue weighted by Gasteiger charge is -2.36. The van der Waals surface area contributed by atoms with E-state index in [0.29, 0.717) is 19.0 Å². The molecule has 0 aliphatic carbocycles. The number of carbonyl (C=O) groups is 1. The average molecular weight is 381 g/mol. The Morgan fingerprint density at radius 1 is 1.11 bits per heavy atom. The number of benzene rings is 2. The van der Waals surface area contributed by atoms with E-state index in [2.05, 4.69) is 34.0 Å². The van der Waals surface area contributed by atoms with Crippen molar-refractivity contribution in [1.82, 2.24) is 14.9 Å². The number of H-pyrrole nitrogens is 1. The number of urea groups is 1. The van der Waals surface area contributed by atoms with Gasteiger partial charge in [0.2, 0.25) is 0 Å². The first-order valence-corrected chi connectivity index (χ1v) is 9.56. The lowest BCUT2D eigenvalue weighted by Crippen LogP contribution is -2.50. The molecule has 1 aromatic heterocycles. The number of anilines is 2. The highest BCUT2D eigenvalue weighted by molar-refractivity contribution is 5.92. The van der Waals surface area contributed by atoms with E-state index < -0.39 is 0 Å². The largest absolute Gasteiger partial charge is 0.368 e. The summed E-state index contributed by atoms with van der Waals surface area (Å²) in [7, 11) is 0. The Kier molecular flexibility index (Phi) is 4.90.